The highest BCUT2D eigenvalue weighted by Gasteiger charge is 2.44. The van der Waals surface area contributed by atoms with Crippen LogP contribution in [0.15, 0.2) is 0 Å². The van der Waals surface area contributed by atoms with Gasteiger partial charge in [-0.25, -0.2) is 0 Å². The second-order valence-electron chi connectivity index (χ2n) is 5.74. The molecule has 1 amide bonds. The van der Waals surface area contributed by atoms with Crippen molar-refractivity contribution in [2.24, 2.45) is 0 Å². The van der Waals surface area contributed by atoms with Crippen molar-refractivity contribution in [3.63, 3.8) is 0 Å². The molecule has 0 aromatic rings. The van der Waals surface area contributed by atoms with Crippen LogP contribution in [-0.4, -0.2) is 46.6 Å². The van der Waals surface area contributed by atoms with Crippen LogP contribution in [0, 0.1) is 0 Å². The molecule has 1 saturated heterocycles. The van der Waals surface area contributed by atoms with Crippen molar-refractivity contribution in [1.29, 1.82) is 0 Å². The van der Waals surface area contributed by atoms with Gasteiger partial charge in [-0.05, 0) is 44.9 Å². The fourth-order valence-electron chi connectivity index (χ4n) is 3.10. The summed E-state index contributed by atoms with van der Waals surface area (Å²) in [7, 11) is 0. The predicted molar refractivity (Wildman–Crippen MR) is 71.9 cm³/mol. The van der Waals surface area contributed by atoms with E-state index in [-0.39, 0.29) is 12.5 Å². The fourth-order valence-corrected chi connectivity index (χ4v) is 3.10. The Morgan fingerprint density at radius 1 is 1.32 bits per heavy atom. The van der Waals surface area contributed by atoms with E-state index in [0.717, 1.165) is 32.2 Å². The van der Waals surface area contributed by atoms with E-state index in [2.05, 4.69) is 12.2 Å². The van der Waals surface area contributed by atoms with Crippen LogP contribution in [0.25, 0.3) is 0 Å². The molecule has 1 heterocycles. The number of carbonyl (C=O) groups is 2. The summed E-state index contributed by atoms with van der Waals surface area (Å²) in [6.07, 6.45) is 6.50. The summed E-state index contributed by atoms with van der Waals surface area (Å²) >= 11 is 0. The maximum absolute atomic E-state index is 12.2. The Hall–Kier alpha value is -1.10. The third kappa shape index (κ3) is 2.91. The van der Waals surface area contributed by atoms with Gasteiger partial charge in [-0.15, -0.1) is 0 Å². The van der Waals surface area contributed by atoms with Crippen LogP contribution in [0.1, 0.15) is 51.9 Å². The molecular weight excluding hydrogens is 244 g/mol. The highest BCUT2D eigenvalue weighted by atomic mass is 16.4. The fraction of sp³-hybridized carbons (Fsp3) is 0.857. The molecule has 2 N–H and O–H groups in total. The van der Waals surface area contributed by atoms with Crippen molar-refractivity contribution in [3.05, 3.63) is 0 Å². The second-order valence-corrected chi connectivity index (χ2v) is 5.74. The molecule has 19 heavy (non-hydrogen) atoms. The Labute approximate surface area is 114 Å². The molecule has 0 radical (unpaired) electrons. The molecule has 1 unspecified atom stereocenters. The zero-order valence-corrected chi connectivity index (χ0v) is 11.7. The quantitative estimate of drug-likeness (QED) is 0.790. The smallest absolute Gasteiger partial charge is 0.323 e. The molecule has 0 bridgehead atoms. The van der Waals surface area contributed by atoms with Crippen LogP contribution in [0.4, 0.5) is 0 Å². The number of carboxylic acids is 1. The summed E-state index contributed by atoms with van der Waals surface area (Å²) in [5.41, 5.74) is -0.840. The largest absolute Gasteiger partial charge is 0.480 e. The van der Waals surface area contributed by atoms with Gasteiger partial charge in [0.15, 0.2) is 0 Å². The number of carbonyl (C=O) groups excluding carboxylic acids is 1. The van der Waals surface area contributed by atoms with Crippen molar-refractivity contribution in [2.75, 3.05) is 13.1 Å². The summed E-state index contributed by atoms with van der Waals surface area (Å²) < 4.78 is 0. The molecular formula is C14H24N2O3. The molecule has 0 aromatic carbocycles. The van der Waals surface area contributed by atoms with Crippen LogP contribution >= 0.6 is 0 Å². The molecule has 108 valence electrons. The summed E-state index contributed by atoms with van der Waals surface area (Å²) in [6, 6.07) is 0.338. The lowest BCUT2D eigenvalue weighted by atomic mass is 9.77. The average molecular weight is 268 g/mol. The first-order valence-corrected chi connectivity index (χ1v) is 7.37. The minimum absolute atomic E-state index is 0.0547. The first kappa shape index (κ1) is 14.3. The molecule has 5 nitrogen and oxygen atoms in total. The van der Waals surface area contributed by atoms with Crippen LogP contribution in [0.3, 0.4) is 0 Å². The molecule has 1 aliphatic heterocycles. The van der Waals surface area contributed by atoms with Crippen LogP contribution in [0.5, 0.6) is 0 Å². The summed E-state index contributed by atoms with van der Waals surface area (Å²) in [5, 5.41) is 12.2. The molecule has 5 heteroatoms. The number of piperidine rings is 1. The summed E-state index contributed by atoms with van der Waals surface area (Å²) in [4.78, 5) is 25.4. The number of hydrogen-bond donors (Lipinski definition) is 2. The number of nitrogens with one attached hydrogen (secondary N) is 1. The SMILES string of the molecule is CCC1CCCCN1C(=O)CNC1(C(=O)O)CCC1. The first-order chi connectivity index (χ1) is 9.09. The highest BCUT2D eigenvalue weighted by Crippen LogP contribution is 2.32. The zero-order valence-electron chi connectivity index (χ0n) is 11.7. The first-order valence-electron chi connectivity index (χ1n) is 7.37. The molecule has 1 aliphatic carbocycles. The summed E-state index contributed by atoms with van der Waals surface area (Å²) in [6.45, 7) is 3.08. The van der Waals surface area contributed by atoms with E-state index < -0.39 is 11.5 Å². The van der Waals surface area contributed by atoms with Crippen molar-refractivity contribution in [1.82, 2.24) is 10.2 Å². The van der Waals surface area contributed by atoms with Crippen molar-refractivity contribution < 1.29 is 14.7 Å². The van der Waals surface area contributed by atoms with E-state index in [1.54, 1.807) is 0 Å². The third-order valence-electron chi connectivity index (χ3n) is 4.61. The van der Waals surface area contributed by atoms with E-state index in [0.29, 0.717) is 18.9 Å². The van der Waals surface area contributed by atoms with E-state index in [1.165, 1.54) is 6.42 Å². The van der Waals surface area contributed by atoms with E-state index >= 15 is 0 Å². The van der Waals surface area contributed by atoms with Gasteiger partial charge in [-0.3, -0.25) is 14.9 Å². The van der Waals surface area contributed by atoms with Crippen LogP contribution in [-0.2, 0) is 9.59 Å². The molecule has 2 rings (SSSR count). The number of amides is 1. The number of carboxylic acid groups (broad SMARTS) is 1. The Morgan fingerprint density at radius 2 is 2.05 bits per heavy atom. The average Bonchev–Trinajstić information content (AvgIpc) is 2.36. The Balaban J connectivity index is 1.88. The standard InChI is InChI=1S/C14H24N2O3/c1-2-11-6-3-4-9-16(11)12(17)10-15-14(13(18)19)7-5-8-14/h11,15H,2-10H2,1H3,(H,18,19). The predicted octanol–water partition coefficient (Wildman–Crippen LogP) is 1.37. The highest BCUT2D eigenvalue weighted by molar-refractivity contribution is 5.83. The molecule has 0 aromatic heterocycles. The van der Waals surface area contributed by atoms with E-state index in [9.17, 15) is 14.7 Å². The zero-order chi connectivity index (χ0) is 13.9. The molecule has 1 saturated carbocycles. The maximum Gasteiger partial charge on any atom is 0.323 e. The van der Waals surface area contributed by atoms with Crippen molar-refractivity contribution >= 4 is 11.9 Å². The second kappa shape index (κ2) is 5.90. The minimum atomic E-state index is -0.840. The molecule has 2 fully saturated rings. The molecule has 2 aliphatic rings. The number of likely N-dealkylation sites (tertiary alicyclic amines) is 1. The van der Waals surface area contributed by atoms with Crippen LogP contribution in [0.2, 0.25) is 0 Å². The van der Waals surface area contributed by atoms with Crippen molar-refractivity contribution in [2.45, 2.75) is 63.5 Å². The van der Waals surface area contributed by atoms with E-state index in [1.807, 2.05) is 4.90 Å². The monoisotopic (exact) mass is 268 g/mol. The number of hydrogen-bond acceptors (Lipinski definition) is 3. The van der Waals surface area contributed by atoms with Gasteiger partial charge in [0.05, 0.1) is 6.54 Å². The third-order valence-corrected chi connectivity index (χ3v) is 4.61. The lowest BCUT2D eigenvalue weighted by Gasteiger charge is -2.40. The van der Waals surface area contributed by atoms with Crippen molar-refractivity contribution in [3.8, 4) is 0 Å². The lowest BCUT2D eigenvalue weighted by Crippen LogP contribution is -2.60. The van der Waals surface area contributed by atoms with Gasteiger partial charge in [-0.2, -0.15) is 0 Å². The molecule has 0 spiro atoms. The Morgan fingerprint density at radius 3 is 2.58 bits per heavy atom. The van der Waals surface area contributed by atoms with Gasteiger partial charge in [0.25, 0.3) is 0 Å². The summed E-state index contributed by atoms with van der Waals surface area (Å²) in [5.74, 6) is -0.767. The Bertz CT molecular complexity index is 353. The van der Waals surface area contributed by atoms with Gasteiger partial charge >= 0.3 is 5.97 Å². The number of rotatable bonds is 5. The van der Waals surface area contributed by atoms with Crippen LogP contribution < -0.4 is 5.32 Å². The minimum Gasteiger partial charge on any atom is -0.480 e. The van der Waals surface area contributed by atoms with Gasteiger partial charge in [-0.1, -0.05) is 6.92 Å². The molecule has 1 atom stereocenters. The van der Waals surface area contributed by atoms with E-state index in [4.69, 9.17) is 0 Å². The van der Waals surface area contributed by atoms with Gasteiger partial charge < -0.3 is 10.0 Å². The van der Waals surface area contributed by atoms with Gasteiger partial charge in [0.2, 0.25) is 5.91 Å². The lowest BCUT2D eigenvalue weighted by molar-refractivity contribution is -0.149. The topological polar surface area (TPSA) is 69.6 Å². The number of aliphatic carboxylic acids is 1. The Kier molecular flexibility index (Phi) is 4.45. The maximum atomic E-state index is 12.2. The normalized spacial score (nSPS) is 25.7. The number of nitrogens with zero attached hydrogens (tertiary/aromatic N) is 1. The van der Waals surface area contributed by atoms with Gasteiger partial charge in [0.1, 0.15) is 5.54 Å². The van der Waals surface area contributed by atoms with Gasteiger partial charge in [0, 0.05) is 12.6 Å².